The molecule has 2 aromatic rings. The van der Waals surface area contributed by atoms with Gasteiger partial charge in [0.1, 0.15) is 5.82 Å². The highest BCUT2D eigenvalue weighted by Crippen LogP contribution is 2.12. The summed E-state index contributed by atoms with van der Waals surface area (Å²) in [6.07, 6.45) is 5.14. The summed E-state index contributed by atoms with van der Waals surface area (Å²) in [5.74, 6) is 0.621. The highest BCUT2D eigenvalue weighted by Gasteiger charge is 2.07. The first-order valence-corrected chi connectivity index (χ1v) is 5.37. The van der Waals surface area contributed by atoms with Gasteiger partial charge in [0.2, 0.25) is 6.54 Å². The van der Waals surface area contributed by atoms with Crippen molar-refractivity contribution >= 4 is 16.8 Å². The molecule has 0 bridgehead atoms. The zero-order chi connectivity index (χ0) is 12.3. The van der Waals surface area contributed by atoms with Crippen molar-refractivity contribution in [3.05, 3.63) is 36.5 Å². The highest BCUT2D eigenvalue weighted by atomic mass is 35.5. The van der Waals surface area contributed by atoms with Gasteiger partial charge in [-0.2, -0.15) is 9.67 Å². The van der Waals surface area contributed by atoms with Crippen LogP contribution in [0.25, 0.3) is 11.3 Å². The minimum atomic E-state index is -0.401. The largest absolute Gasteiger partial charge is 0.286 e. The molecule has 0 atom stereocenters. The number of aromatic nitrogens is 4. The van der Waals surface area contributed by atoms with Crippen LogP contribution in [0.5, 0.6) is 0 Å². The number of halogens is 1. The molecule has 0 aliphatic rings. The Labute approximate surface area is 103 Å². The van der Waals surface area contributed by atoms with E-state index < -0.39 is 5.24 Å². The van der Waals surface area contributed by atoms with E-state index in [1.54, 1.807) is 30.1 Å². The van der Waals surface area contributed by atoms with E-state index in [-0.39, 0.29) is 6.54 Å². The van der Waals surface area contributed by atoms with E-state index in [0.29, 0.717) is 5.82 Å². The van der Waals surface area contributed by atoms with Gasteiger partial charge in [0.05, 0.1) is 11.9 Å². The van der Waals surface area contributed by atoms with E-state index in [2.05, 4.69) is 15.2 Å². The summed E-state index contributed by atoms with van der Waals surface area (Å²) in [6, 6.07) is 3.70. The maximum atomic E-state index is 10.7. The molecule has 0 saturated carbocycles. The Balaban J connectivity index is 2.26. The number of carbonyl (C=O) groups excluding carboxylic acids is 1. The number of hydrogen-bond donors (Lipinski definition) is 0. The number of hydrogen-bond acceptors (Lipinski definition) is 4. The van der Waals surface area contributed by atoms with Crippen LogP contribution < -0.4 is 4.57 Å². The SMILES string of the molecule is Cc1nncc(-c2cc[n+](CC(=O)Cl)cc2)n1. The van der Waals surface area contributed by atoms with Crippen molar-refractivity contribution in [2.45, 2.75) is 13.5 Å². The Morgan fingerprint density at radius 1 is 1.41 bits per heavy atom. The summed E-state index contributed by atoms with van der Waals surface area (Å²) in [5, 5.41) is 7.23. The molecule has 86 valence electrons. The van der Waals surface area contributed by atoms with Crippen molar-refractivity contribution in [3.63, 3.8) is 0 Å². The van der Waals surface area contributed by atoms with Crippen molar-refractivity contribution in [1.82, 2.24) is 15.2 Å². The van der Waals surface area contributed by atoms with Crippen molar-refractivity contribution in [3.8, 4) is 11.3 Å². The van der Waals surface area contributed by atoms with Crippen LogP contribution in [0, 0.1) is 6.92 Å². The molecular formula is C11H10ClN4O+. The van der Waals surface area contributed by atoms with Crippen molar-refractivity contribution in [1.29, 1.82) is 0 Å². The number of rotatable bonds is 3. The minimum absolute atomic E-state index is 0.156. The van der Waals surface area contributed by atoms with Gasteiger partial charge in [-0.3, -0.25) is 4.79 Å². The van der Waals surface area contributed by atoms with Gasteiger partial charge in [-0.1, -0.05) is 0 Å². The zero-order valence-electron chi connectivity index (χ0n) is 9.17. The number of aryl methyl sites for hydroxylation is 1. The quantitative estimate of drug-likeness (QED) is 0.599. The maximum absolute atomic E-state index is 10.7. The van der Waals surface area contributed by atoms with Gasteiger partial charge in [-0.15, -0.1) is 5.10 Å². The summed E-state index contributed by atoms with van der Waals surface area (Å²) in [7, 11) is 0. The van der Waals surface area contributed by atoms with E-state index >= 15 is 0 Å². The van der Waals surface area contributed by atoms with Crippen molar-refractivity contribution < 1.29 is 9.36 Å². The molecule has 0 aromatic carbocycles. The average molecular weight is 250 g/mol. The molecule has 2 rings (SSSR count). The molecule has 17 heavy (non-hydrogen) atoms. The molecule has 0 unspecified atom stereocenters. The third-order valence-electron chi connectivity index (χ3n) is 2.16. The van der Waals surface area contributed by atoms with E-state index in [4.69, 9.17) is 11.6 Å². The Kier molecular flexibility index (Phi) is 3.39. The zero-order valence-corrected chi connectivity index (χ0v) is 9.92. The fourth-order valence-electron chi connectivity index (χ4n) is 1.41. The number of carbonyl (C=O) groups is 1. The maximum Gasteiger partial charge on any atom is 0.286 e. The van der Waals surface area contributed by atoms with Crippen LogP contribution in [-0.2, 0) is 11.3 Å². The first-order chi connectivity index (χ1) is 8.15. The molecule has 0 amide bonds. The molecule has 6 heteroatoms. The lowest BCUT2D eigenvalue weighted by Crippen LogP contribution is -2.35. The van der Waals surface area contributed by atoms with Gasteiger partial charge < -0.3 is 0 Å². The van der Waals surface area contributed by atoms with Crippen LogP contribution in [0.1, 0.15) is 5.82 Å². The Morgan fingerprint density at radius 3 is 2.71 bits per heavy atom. The van der Waals surface area contributed by atoms with E-state index in [9.17, 15) is 4.79 Å². The van der Waals surface area contributed by atoms with E-state index in [1.165, 1.54) is 0 Å². The third-order valence-corrected chi connectivity index (χ3v) is 2.28. The third kappa shape index (κ3) is 3.04. The van der Waals surface area contributed by atoms with Crippen LogP contribution in [0.15, 0.2) is 30.7 Å². The predicted molar refractivity (Wildman–Crippen MR) is 61.1 cm³/mol. The molecular weight excluding hydrogens is 240 g/mol. The van der Waals surface area contributed by atoms with Crippen molar-refractivity contribution in [2.24, 2.45) is 0 Å². The Hall–Kier alpha value is -1.88. The summed E-state index contributed by atoms with van der Waals surface area (Å²) < 4.78 is 1.69. The standard InChI is InChI=1S/C11H10ClN4O/c1-8-14-10(6-13-15-8)9-2-4-16(5-3-9)7-11(12)17/h2-6H,7H2,1H3/q+1. The van der Waals surface area contributed by atoms with Gasteiger partial charge >= 0.3 is 0 Å². The summed E-state index contributed by atoms with van der Waals surface area (Å²) >= 11 is 5.30. The number of pyridine rings is 1. The van der Waals surface area contributed by atoms with E-state index in [0.717, 1.165) is 11.3 Å². The fraction of sp³-hybridized carbons (Fsp3) is 0.182. The molecule has 0 saturated heterocycles. The first-order valence-electron chi connectivity index (χ1n) is 4.99. The molecule has 0 fully saturated rings. The second-order valence-electron chi connectivity index (χ2n) is 3.50. The van der Waals surface area contributed by atoms with E-state index in [1.807, 2.05) is 12.1 Å². The molecule has 0 spiro atoms. The summed E-state index contributed by atoms with van der Waals surface area (Å²) in [4.78, 5) is 15.0. The minimum Gasteiger partial charge on any atom is -0.274 e. The normalized spacial score (nSPS) is 10.2. The topological polar surface area (TPSA) is 59.6 Å². The van der Waals surface area contributed by atoms with Crippen LogP contribution in [0.4, 0.5) is 0 Å². The first kappa shape index (κ1) is 11.6. The second-order valence-corrected chi connectivity index (χ2v) is 3.92. The fourth-order valence-corrected chi connectivity index (χ4v) is 1.55. The van der Waals surface area contributed by atoms with Gasteiger partial charge in [0.25, 0.3) is 5.24 Å². The lowest BCUT2D eigenvalue weighted by molar-refractivity contribution is -0.683. The van der Waals surface area contributed by atoms with Gasteiger partial charge in [0.15, 0.2) is 12.4 Å². The van der Waals surface area contributed by atoms with Crippen LogP contribution in [0.2, 0.25) is 0 Å². The van der Waals surface area contributed by atoms with Gasteiger partial charge in [-0.05, 0) is 18.5 Å². The lowest BCUT2D eigenvalue weighted by atomic mass is 10.2. The van der Waals surface area contributed by atoms with Crippen LogP contribution >= 0.6 is 11.6 Å². The Bertz CT molecular complexity index is 541. The van der Waals surface area contributed by atoms with Crippen LogP contribution in [-0.4, -0.2) is 20.4 Å². The molecule has 0 aliphatic carbocycles. The smallest absolute Gasteiger partial charge is 0.274 e. The van der Waals surface area contributed by atoms with Crippen molar-refractivity contribution in [2.75, 3.05) is 0 Å². The molecule has 5 nitrogen and oxygen atoms in total. The van der Waals surface area contributed by atoms with Gasteiger partial charge in [0, 0.05) is 17.7 Å². The van der Waals surface area contributed by atoms with Crippen LogP contribution in [0.3, 0.4) is 0 Å². The average Bonchev–Trinajstić information content (AvgIpc) is 2.29. The molecule has 0 N–H and O–H groups in total. The molecule has 2 heterocycles. The van der Waals surface area contributed by atoms with Gasteiger partial charge in [-0.25, -0.2) is 4.98 Å². The highest BCUT2D eigenvalue weighted by molar-refractivity contribution is 6.63. The molecule has 0 aliphatic heterocycles. The lowest BCUT2D eigenvalue weighted by Gasteiger charge is -1.99. The summed E-state index contributed by atoms with van der Waals surface area (Å²) in [5.41, 5.74) is 1.67. The molecule has 2 aromatic heterocycles. The Morgan fingerprint density at radius 2 is 2.12 bits per heavy atom. The summed E-state index contributed by atoms with van der Waals surface area (Å²) in [6.45, 7) is 1.94. The monoisotopic (exact) mass is 249 g/mol. The predicted octanol–water partition coefficient (Wildman–Crippen LogP) is 0.900. The molecule has 0 radical (unpaired) electrons. The second kappa shape index (κ2) is 4.97. The number of nitrogens with zero attached hydrogens (tertiary/aromatic N) is 4.